The van der Waals surface area contributed by atoms with Gasteiger partial charge in [0.2, 0.25) is 0 Å². The summed E-state index contributed by atoms with van der Waals surface area (Å²) in [7, 11) is 0. The SMILES string of the molecule is CCC1CN(CC2CN(CC(C)C)CCO2)C(CC)CN1. The Morgan fingerprint density at radius 1 is 1.19 bits per heavy atom. The number of hydrogen-bond acceptors (Lipinski definition) is 4. The van der Waals surface area contributed by atoms with Crippen molar-refractivity contribution < 1.29 is 4.74 Å². The number of nitrogens with one attached hydrogen (secondary N) is 1. The third-order valence-corrected chi connectivity index (χ3v) is 4.86. The summed E-state index contributed by atoms with van der Waals surface area (Å²) in [5, 5.41) is 3.68. The fraction of sp³-hybridized carbons (Fsp3) is 1.00. The topological polar surface area (TPSA) is 27.7 Å². The Morgan fingerprint density at radius 3 is 2.67 bits per heavy atom. The molecule has 1 N–H and O–H groups in total. The van der Waals surface area contributed by atoms with Crippen molar-refractivity contribution in [3.63, 3.8) is 0 Å². The number of morpholine rings is 1. The maximum Gasteiger partial charge on any atom is 0.0829 e. The van der Waals surface area contributed by atoms with E-state index >= 15 is 0 Å². The molecule has 4 nitrogen and oxygen atoms in total. The molecular weight excluding hydrogens is 262 g/mol. The Labute approximate surface area is 131 Å². The van der Waals surface area contributed by atoms with Crippen molar-refractivity contribution in [2.45, 2.75) is 58.7 Å². The second-order valence-corrected chi connectivity index (χ2v) is 7.18. The van der Waals surface area contributed by atoms with Gasteiger partial charge in [0.15, 0.2) is 0 Å². The molecule has 3 atom stereocenters. The number of nitrogens with zero attached hydrogens (tertiary/aromatic N) is 2. The first-order valence-electron chi connectivity index (χ1n) is 8.93. The van der Waals surface area contributed by atoms with Crippen LogP contribution >= 0.6 is 0 Å². The van der Waals surface area contributed by atoms with E-state index in [4.69, 9.17) is 4.74 Å². The van der Waals surface area contributed by atoms with E-state index in [2.05, 4.69) is 42.8 Å². The second kappa shape index (κ2) is 8.47. The standard InChI is InChI=1S/C17H35N3O/c1-5-15-11-20(16(6-2)9-18-15)13-17-12-19(7-8-21-17)10-14(3)4/h14-18H,5-13H2,1-4H3. The van der Waals surface area contributed by atoms with E-state index in [9.17, 15) is 0 Å². The summed E-state index contributed by atoms with van der Waals surface area (Å²) < 4.78 is 6.05. The molecule has 0 bridgehead atoms. The average Bonchev–Trinajstić information content (AvgIpc) is 2.47. The van der Waals surface area contributed by atoms with Crippen LogP contribution in [0.4, 0.5) is 0 Å². The lowest BCUT2D eigenvalue weighted by Crippen LogP contribution is -2.59. The monoisotopic (exact) mass is 297 g/mol. The Kier molecular flexibility index (Phi) is 6.93. The minimum Gasteiger partial charge on any atom is -0.374 e. The van der Waals surface area contributed by atoms with Crippen LogP contribution in [0.2, 0.25) is 0 Å². The van der Waals surface area contributed by atoms with Crippen LogP contribution in [0.1, 0.15) is 40.5 Å². The molecule has 2 fully saturated rings. The maximum atomic E-state index is 6.05. The molecule has 0 aliphatic carbocycles. The average molecular weight is 297 g/mol. The van der Waals surface area contributed by atoms with Crippen LogP contribution in [-0.2, 0) is 4.74 Å². The lowest BCUT2D eigenvalue weighted by Gasteiger charge is -2.43. The van der Waals surface area contributed by atoms with Crippen LogP contribution in [-0.4, -0.2) is 73.9 Å². The van der Waals surface area contributed by atoms with E-state index in [1.165, 1.54) is 25.9 Å². The summed E-state index contributed by atoms with van der Waals surface area (Å²) in [5.41, 5.74) is 0. The lowest BCUT2D eigenvalue weighted by molar-refractivity contribution is -0.0558. The van der Waals surface area contributed by atoms with Crippen LogP contribution in [0.3, 0.4) is 0 Å². The molecule has 4 heteroatoms. The van der Waals surface area contributed by atoms with E-state index in [0.717, 1.165) is 38.7 Å². The zero-order valence-corrected chi connectivity index (χ0v) is 14.5. The van der Waals surface area contributed by atoms with Gasteiger partial charge in [0.05, 0.1) is 12.7 Å². The highest BCUT2D eigenvalue weighted by Crippen LogP contribution is 2.16. The summed E-state index contributed by atoms with van der Waals surface area (Å²) in [6.45, 7) is 16.9. The lowest BCUT2D eigenvalue weighted by atomic mass is 10.0. The summed E-state index contributed by atoms with van der Waals surface area (Å²) in [5.74, 6) is 0.746. The molecule has 2 aliphatic rings. The number of ether oxygens (including phenoxy) is 1. The van der Waals surface area contributed by atoms with Crippen molar-refractivity contribution in [2.24, 2.45) is 5.92 Å². The molecule has 2 rings (SSSR count). The van der Waals surface area contributed by atoms with Gasteiger partial charge in [-0.3, -0.25) is 9.80 Å². The molecule has 0 spiro atoms. The fourth-order valence-electron chi connectivity index (χ4n) is 3.66. The van der Waals surface area contributed by atoms with Gasteiger partial charge in [0.25, 0.3) is 0 Å². The maximum absolute atomic E-state index is 6.05. The molecular formula is C17H35N3O. The first kappa shape index (κ1) is 17.2. The minimum atomic E-state index is 0.391. The zero-order chi connectivity index (χ0) is 15.2. The first-order valence-corrected chi connectivity index (χ1v) is 8.93. The van der Waals surface area contributed by atoms with Crippen LogP contribution in [0.15, 0.2) is 0 Å². The fourth-order valence-corrected chi connectivity index (χ4v) is 3.66. The van der Waals surface area contributed by atoms with Gasteiger partial charge >= 0.3 is 0 Å². The zero-order valence-electron chi connectivity index (χ0n) is 14.5. The highest BCUT2D eigenvalue weighted by Gasteiger charge is 2.30. The van der Waals surface area contributed by atoms with E-state index in [1.807, 2.05) is 0 Å². The van der Waals surface area contributed by atoms with Crippen LogP contribution in [0.5, 0.6) is 0 Å². The summed E-state index contributed by atoms with van der Waals surface area (Å²) in [4.78, 5) is 5.26. The van der Waals surface area contributed by atoms with Gasteiger partial charge in [-0.15, -0.1) is 0 Å². The third-order valence-electron chi connectivity index (χ3n) is 4.86. The van der Waals surface area contributed by atoms with E-state index in [1.54, 1.807) is 0 Å². The largest absolute Gasteiger partial charge is 0.374 e. The normalized spacial score (nSPS) is 32.7. The Morgan fingerprint density at radius 2 is 2.00 bits per heavy atom. The van der Waals surface area contributed by atoms with Crippen molar-refractivity contribution in [3.8, 4) is 0 Å². The Bertz CT molecular complexity index is 298. The molecule has 21 heavy (non-hydrogen) atoms. The van der Waals surface area contributed by atoms with Crippen molar-refractivity contribution >= 4 is 0 Å². The van der Waals surface area contributed by atoms with Crippen molar-refractivity contribution in [1.29, 1.82) is 0 Å². The highest BCUT2D eigenvalue weighted by molar-refractivity contribution is 4.87. The molecule has 2 aliphatic heterocycles. The predicted octanol–water partition coefficient (Wildman–Crippen LogP) is 1.81. The molecule has 0 amide bonds. The van der Waals surface area contributed by atoms with Gasteiger partial charge < -0.3 is 10.1 Å². The van der Waals surface area contributed by atoms with Gasteiger partial charge in [-0.05, 0) is 18.8 Å². The number of rotatable bonds is 6. The van der Waals surface area contributed by atoms with E-state index in [0.29, 0.717) is 18.2 Å². The van der Waals surface area contributed by atoms with Crippen LogP contribution in [0.25, 0.3) is 0 Å². The predicted molar refractivity (Wildman–Crippen MR) is 88.8 cm³/mol. The van der Waals surface area contributed by atoms with Gasteiger partial charge in [-0.2, -0.15) is 0 Å². The highest BCUT2D eigenvalue weighted by atomic mass is 16.5. The molecule has 0 aromatic heterocycles. The van der Waals surface area contributed by atoms with Crippen LogP contribution in [0, 0.1) is 5.92 Å². The van der Waals surface area contributed by atoms with Gasteiger partial charge in [0.1, 0.15) is 0 Å². The van der Waals surface area contributed by atoms with E-state index < -0.39 is 0 Å². The molecule has 124 valence electrons. The summed E-state index contributed by atoms with van der Waals surface area (Å²) in [6.07, 6.45) is 2.84. The van der Waals surface area contributed by atoms with Crippen molar-refractivity contribution in [3.05, 3.63) is 0 Å². The van der Waals surface area contributed by atoms with Gasteiger partial charge in [0, 0.05) is 51.4 Å². The molecule has 0 aromatic carbocycles. The molecule has 0 aromatic rings. The van der Waals surface area contributed by atoms with Gasteiger partial charge in [-0.1, -0.05) is 27.7 Å². The van der Waals surface area contributed by atoms with Crippen LogP contribution < -0.4 is 5.32 Å². The Balaban J connectivity index is 1.85. The summed E-state index contributed by atoms with van der Waals surface area (Å²) >= 11 is 0. The Hall–Kier alpha value is -0.160. The van der Waals surface area contributed by atoms with E-state index in [-0.39, 0.29) is 0 Å². The first-order chi connectivity index (χ1) is 10.1. The van der Waals surface area contributed by atoms with Crippen molar-refractivity contribution in [1.82, 2.24) is 15.1 Å². The number of piperazine rings is 1. The van der Waals surface area contributed by atoms with Crippen molar-refractivity contribution in [2.75, 3.05) is 45.9 Å². The molecule has 3 unspecified atom stereocenters. The van der Waals surface area contributed by atoms with Gasteiger partial charge in [-0.25, -0.2) is 0 Å². The second-order valence-electron chi connectivity index (χ2n) is 7.18. The smallest absolute Gasteiger partial charge is 0.0829 e. The molecule has 0 saturated carbocycles. The summed E-state index contributed by atoms with van der Waals surface area (Å²) in [6, 6.07) is 1.33. The molecule has 2 heterocycles. The third kappa shape index (κ3) is 5.20. The molecule has 2 saturated heterocycles. The number of hydrogen-bond donors (Lipinski definition) is 1. The molecule has 0 radical (unpaired) electrons. The quantitative estimate of drug-likeness (QED) is 0.809. The minimum absolute atomic E-state index is 0.391.